The molecule has 1 saturated carbocycles. The van der Waals surface area contributed by atoms with Crippen molar-refractivity contribution >= 4 is 28.5 Å². The summed E-state index contributed by atoms with van der Waals surface area (Å²) in [5, 5.41) is 10.5. The monoisotopic (exact) mass is 437 g/mol. The molecule has 2 heterocycles. The van der Waals surface area contributed by atoms with E-state index in [9.17, 15) is 9.18 Å². The van der Waals surface area contributed by atoms with E-state index in [1.54, 1.807) is 30.6 Å². The lowest BCUT2D eigenvalue weighted by Crippen LogP contribution is -2.38. The number of H-pyrrole nitrogens is 1. The summed E-state index contributed by atoms with van der Waals surface area (Å²) < 4.78 is 20.5. The summed E-state index contributed by atoms with van der Waals surface area (Å²) >= 11 is 6.03. The van der Waals surface area contributed by atoms with E-state index in [-0.39, 0.29) is 23.8 Å². The molecule has 8 heteroatoms. The van der Waals surface area contributed by atoms with Crippen LogP contribution in [0.4, 0.5) is 4.39 Å². The van der Waals surface area contributed by atoms with Gasteiger partial charge in [-0.2, -0.15) is 0 Å². The number of fused-ring (bicyclic) bond motifs is 1. The van der Waals surface area contributed by atoms with E-state index in [2.05, 4.69) is 15.0 Å². The molecule has 0 aliphatic heterocycles. The second-order valence-corrected chi connectivity index (χ2v) is 8.05. The van der Waals surface area contributed by atoms with E-state index >= 15 is 0 Å². The number of halogens is 2. The SMILES string of the molecule is O=C(O)C1CC(Oc2ncc(-c3ccc(-c4cc5cc(Cl)ccc5[nH]4)c(F)c3)cn2)C1. The Bertz CT molecular complexity index is 1280. The van der Waals surface area contributed by atoms with Crippen LogP contribution in [0.1, 0.15) is 12.8 Å². The number of carbonyl (C=O) groups is 1. The van der Waals surface area contributed by atoms with Crippen molar-refractivity contribution < 1.29 is 19.0 Å². The number of hydrogen-bond donors (Lipinski definition) is 2. The van der Waals surface area contributed by atoms with Gasteiger partial charge in [0.25, 0.3) is 0 Å². The van der Waals surface area contributed by atoms with Crippen molar-refractivity contribution in [2.75, 3.05) is 0 Å². The van der Waals surface area contributed by atoms with Crippen LogP contribution >= 0.6 is 11.6 Å². The molecule has 6 nitrogen and oxygen atoms in total. The fraction of sp³-hybridized carbons (Fsp3) is 0.174. The summed E-state index contributed by atoms with van der Waals surface area (Å²) in [6.07, 6.45) is 3.85. The van der Waals surface area contributed by atoms with Crippen molar-refractivity contribution in [3.8, 4) is 28.4 Å². The smallest absolute Gasteiger partial charge is 0.316 e. The van der Waals surface area contributed by atoms with Crippen LogP contribution in [0, 0.1) is 11.7 Å². The predicted octanol–water partition coefficient (Wildman–Crippen LogP) is 5.33. The summed E-state index contributed by atoms with van der Waals surface area (Å²) in [7, 11) is 0. The average molecular weight is 438 g/mol. The third-order valence-corrected chi connectivity index (χ3v) is 5.75. The lowest BCUT2D eigenvalue weighted by atomic mass is 9.82. The highest BCUT2D eigenvalue weighted by Gasteiger charge is 2.36. The zero-order valence-electron chi connectivity index (χ0n) is 16.2. The quantitative estimate of drug-likeness (QED) is 0.440. The molecule has 1 aliphatic carbocycles. The van der Waals surface area contributed by atoms with Gasteiger partial charge in [-0.1, -0.05) is 17.7 Å². The fourth-order valence-corrected chi connectivity index (χ4v) is 3.88. The minimum Gasteiger partial charge on any atom is -0.481 e. The minimum absolute atomic E-state index is 0.185. The number of ether oxygens (including phenoxy) is 1. The van der Waals surface area contributed by atoms with Crippen LogP contribution in [0.25, 0.3) is 33.3 Å². The summed E-state index contributed by atoms with van der Waals surface area (Å²) in [5.74, 6) is -1.54. The highest BCUT2D eigenvalue weighted by atomic mass is 35.5. The van der Waals surface area contributed by atoms with E-state index in [0.29, 0.717) is 40.2 Å². The summed E-state index contributed by atoms with van der Waals surface area (Å²) in [4.78, 5) is 22.4. The van der Waals surface area contributed by atoms with Gasteiger partial charge in [-0.25, -0.2) is 14.4 Å². The van der Waals surface area contributed by atoms with E-state index in [0.717, 1.165) is 10.9 Å². The zero-order valence-corrected chi connectivity index (χ0v) is 16.9. The van der Waals surface area contributed by atoms with Gasteiger partial charge in [0.2, 0.25) is 0 Å². The Morgan fingerprint density at radius 3 is 2.58 bits per heavy atom. The van der Waals surface area contributed by atoms with Crippen molar-refractivity contribution in [1.29, 1.82) is 0 Å². The van der Waals surface area contributed by atoms with Crippen LogP contribution < -0.4 is 4.74 Å². The number of carboxylic acid groups (broad SMARTS) is 1. The second-order valence-electron chi connectivity index (χ2n) is 7.61. The predicted molar refractivity (Wildman–Crippen MR) is 115 cm³/mol. The molecule has 2 N–H and O–H groups in total. The van der Waals surface area contributed by atoms with Gasteiger partial charge >= 0.3 is 12.0 Å². The van der Waals surface area contributed by atoms with Gasteiger partial charge in [0.1, 0.15) is 11.9 Å². The molecule has 5 rings (SSSR count). The lowest BCUT2D eigenvalue weighted by molar-refractivity contribution is -0.148. The molecule has 2 aromatic carbocycles. The lowest BCUT2D eigenvalue weighted by Gasteiger charge is -2.31. The zero-order chi connectivity index (χ0) is 21.5. The topological polar surface area (TPSA) is 88.1 Å². The number of hydrogen-bond acceptors (Lipinski definition) is 4. The molecule has 0 spiro atoms. The average Bonchev–Trinajstić information content (AvgIpc) is 3.13. The molecule has 0 amide bonds. The largest absolute Gasteiger partial charge is 0.481 e. The van der Waals surface area contributed by atoms with Crippen molar-refractivity contribution in [1.82, 2.24) is 15.0 Å². The molecule has 156 valence electrons. The van der Waals surface area contributed by atoms with E-state index in [1.165, 1.54) is 6.07 Å². The fourth-order valence-electron chi connectivity index (χ4n) is 3.70. The Morgan fingerprint density at radius 1 is 1.10 bits per heavy atom. The first-order chi connectivity index (χ1) is 15.0. The first-order valence-corrected chi connectivity index (χ1v) is 10.1. The third-order valence-electron chi connectivity index (χ3n) is 5.52. The van der Waals surface area contributed by atoms with E-state index < -0.39 is 5.97 Å². The maximum absolute atomic E-state index is 14.9. The number of aromatic nitrogens is 3. The molecule has 1 aliphatic rings. The Labute approximate surface area is 181 Å². The minimum atomic E-state index is -0.808. The Morgan fingerprint density at radius 2 is 1.87 bits per heavy atom. The van der Waals surface area contributed by atoms with Crippen LogP contribution in [0.5, 0.6) is 6.01 Å². The summed E-state index contributed by atoms with van der Waals surface area (Å²) in [6.45, 7) is 0. The highest BCUT2D eigenvalue weighted by Crippen LogP contribution is 2.32. The van der Waals surface area contributed by atoms with Crippen LogP contribution in [-0.2, 0) is 4.79 Å². The molecule has 0 unspecified atom stereocenters. The Kier molecular flexibility index (Phi) is 4.82. The number of benzene rings is 2. The molecule has 1 fully saturated rings. The summed E-state index contributed by atoms with van der Waals surface area (Å²) in [6, 6.07) is 12.5. The van der Waals surface area contributed by atoms with E-state index in [4.69, 9.17) is 21.4 Å². The van der Waals surface area contributed by atoms with Crippen LogP contribution in [0.15, 0.2) is 54.9 Å². The third kappa shape index (κ3) is 3.84. The normalized spacial score (nSPS) is 18.0. The molecule has 2 aromatic heterocycles. The molecular weight excluding hydrogens is 421 g/mol. The number of carboxylic acids is 1. The van der Waals surface area contributed by atoms with E-state index in [1.807, 2.05) is 18.2 Å². The molecule has 31 heavy (non-hydrogen) atoms. The molecule has 4 aromatic rings. The van der Waals surface area contributed by atoms with Gasteiger partial charge < -0.3 is 14.8 Å². The van der Waals surface area contributed by atoms with Crippen LogP contribution in [-0.4, -0.2) is 32.1 Å². The number of nitrogens with one attached hydrogen (secondary N) is 1. The molecule has 0 atom stereocenters. The number of rotatable bonds is 5. The van der Waals surface area contributed by atoms with Crippen molar-refractivity contribution in [2.24, 2.45) is 5.92 Å². The van der Waals surface area contributed by atoms with Gasteiger partial charge in [-0.15, -0.1) is 0 Å². The number of nitrogens with zero attached hydrogens (tertiary/aromatic N) is 2. The first-order valence-electron chi connectivity index (χ1n) is 9.76. The van der Waals surface area contributed by atoms with Gasteiger partial charge in [-0.3, -0.25) is 4.79 Å². The van der Waals surface area contributed by atoms with Crippen molar-refractivity contribution in [3.05, 3.63) is 65.7 Å². The Balaban J connectivity index is 1.33. The molecule has 0 radical (unpaired) electrons. The van der Waals surface area contributed by atoms with Gasteiger partial charge in [0.15, 0.2) is 0 Å². The van der Waals surface area contributed by atoms with Crippen molar-refractivity contribution in [3.63, 3.8) is 0 Å². The van der Waals surface area contributed by atoms with Crippen LogP contribution in [0.2, 0.25) is 5.02 Å². The van der Waals surface area contributed by atoms with Gasteiger partial charge in [-0.05, 0) is 54.8 Å². The molecule has 0 saturated heterocycles. The maximum Gasteiger partial charge on any atom is 0.316 e. The molecular formula is C23H17ClFN3O3. The standard InChI is InChI=1S/C23H17ClFN3O3/c24-16-2-4-20-13(5-16)9-21(28-20)18-3-1-12(8-19(18)25)15-10-26-23(27-11-15)31-17-6-14(7-17)22(29)30/h1-5,8-11,14,17,28H,6-7H2,(H,29,30). The molecule has 0 bridgehead atoms. The van der Waals surface area contributed by atoms with Gasteiger partial charge in [0, 0.05) is 45.1 Å². The number of aromatic amines is 1. The highest BCUT2D eigenvalue weighted by molar-refractivity contribution is 6.31. The first kappa shape index (κ1) is 19.5. The van der Waals surface area contributed by atoms with Gasteiger partial charge in [0.05, 0.1) is 5.92 Å². The summed E-state index contributed by atoms with van der Waals surface area (Å²) in [5.41, 5.74) is 3.30. The Hall–Kier alpha value is -3.45. The van der Waals surface area contributed by atoms with Crippen LogP contribution in [0.3, 0.4) is 0 Å². The second kappa shape index (κ2) is 7.67. The maximum atomic E-state index is 14.9. The van der Waals surface area contributed by atoms with Crippen molar-refractivity contribution in [2.45, 2.75) is 18.9 Å². The number of aliphatic carboxylic acids is 1.